The Balaban J connectivity index is 1.93. The molecular formula is C15H17ClN2O2S. The molecule has 0 aromatic heterocycles. The Morgan fingerprint density at radius 3 is 2.24 bits per heavy atom. The lowest BCUT2D eigenvalue weighted by molar-refractivity contribution is 0.382. The van der Waals surface area contributed by atoms with E-state index in [4.69, 9.17) is 16.9 Å². The number of hydrogen-bond donors (Lipinski definition) is 0. The van der Waals surface area contributed by atoms with E-state index in [9.17, 15) is 8.42 Å². The van der Waals surface area contributed by atoms with Crippen LogP contribution in [0.4, 0.5) is 0 Å². The zero-order chi connectivity index (χ0) is 15.0. The first-order valence-corrected chi connectivity index (χ1v) is 9.02. The van der Waals surface area contributed by atoms with Gasteiger partial charge in [-0.05, 0) is 55.7 Å². The van der Waals surface area contributed by atoms with Crippen molar-refractivity contribution in [3.63, 3.8) is 0 Å². The Morgan fingerprint density at radius 1 is 1.19 bits per heavy atom. The van der Waals surface area contributed by atoms with Crippen molar-refractivity contribution in [3.8, 4) is 6.07 Å². The SMILES string of the molecule is N#Cc1ccc(Cl)c(S(=O)(=O)N(CC2CC2)CC2CC2)c1. The lowest BCUT2D eigenvalue weighted by atomic mass is 10.2. The van der Waals surface area contributed by atoms with Gasteiger partial charge in [-0.2, -0.15) is 9.57 Å². The molecule has 4 nitrogen and oxygen atoms in total. The van der Waals surface area contributed by atoms with Crippen LogP contribution in [0.25, 0.3) is 0 Å². The van der Waals surface area contributed by atoms with Crippen LogP contribution in [0.3, 0.4) is 0 Å². The molecule has 0 aliphatic heterocycles. The Hall–Kier alpha value is -1.09. The highest BCUT2D eigenvalue weighted by atomic mass is 35.5. The van der Waals surface area contributed by atoms with Crippen molar-refractivity contribution in [2.45, 2.75) is 30.6 Å². The lowest BCUT2D eigenvalue weighted by Gasteiger charge is -2.22. The maximum atomic E-state index is 12.9. The van der Waals surface area contributed by atoms with E-state index in [1.165, 1.54) is 18.2 Å². The van der Waals surface area contributed by atoms with Crippen LogP contribution in [0, 0.1) is 23.2 Å². The van der Waals surface area contributed by atoms with E-state index in [0.717, 1.165) is 25.7 Å². The van der Waals surface area contributed by atoms with E-state index in [0.29, 0.717) is 30.5 Å². The molecule has 2 aliphatic carbocycles. The average Bonchev–Trinajstić information content (AvgIpc) is 3.33. The summed E-state index contributed by atoms with van der Waals surface area (Å²) in [5.74, 6) is 0.966. The van der Waals surface area contributed by atoms with Crippen LogP contribution in [-0.4, -0.2) is 25.8 Å². The van der Waals surface area contributed by atoms with Crippen LogP contribution in [-0.2, 0) is 10.0 Å². The summed E-state index contributed by atoms with van der Waals surface area (Å²) >= 11 is 6.07. The van der Waals surface area contributed by atoms with Crippen molar-refractivity contribution in [3.05, 3.63) is 28.8 Å². The molecule has 112 valence electrons. The van der Waals surface area contributed by atoms with Crippen molar-refractivity contribution in [1.82, 2.24) is 4.31 Å². The topological polar surface area (TPSA) is 61.2 Å². The van der Waals surface area contributed by atoms with Gasteiger partial charge in [0.05, 0.1) is 16.7 Å². The molecule has 1 aromatic rings. The van der Waals surface area contributed by atoms with Crippen LogP contribution < -0.4 is 0 Å². The van der Waals surface area contributed by atoms with E-state index in [1.54, 1.807) is 4.31 Å². The highest BCUT2D eigenvalue weighted by Crippen LogP contribution is 2.37. The number of nitrogens with zero attached hydrogens (tertiary/aromatic N) is 2. The molecule has 0 unspecified atom stereocenters. The van der Waals surface area contributed by atoms with Crippen LogP contribution in [0.1, 0.15) is 31.2 Å². The second kappa shape index (κ2) is 5.60. The third-order valence-electron chi connectivity index (χ3n) is 4.00. The number of nitriles is 1. The first-order valence-electron chi connectivity index (χ1n) is 7.20. The molecule has 0 spiro atoms. The van der Waals surface area contributed by atoms with Gasteiger partial charge >= 0.3 is 0 Å². The predicted octanol–water partition coefficient (Wildman–Crippen LogP) is 3.02. The predicted molar refractivity (Wildman–Crippen MR) is 80.4 cm³/mol. The standard InChI is InChI=1S/C15H17ClN2O2S/c16-14-6-5-13(8-17)7-15(14)21(19,20)18(9-11-1-2-11)10-12-3-4-12/h5-7,11-12H,1-4,9-10H2. The summed E-state index contributed by atoms with van der Waals surface area (Å²) in [5.41, 5.74) is 0.316. The summed E-state index contributed by atoms with van der Waals surface area (Å²) < 4.78 is 27.3. The number of halogens is 1. The van der Waals surface area contributed by atoms with Gasteiger partial charge < -0.3 is 0 Å². The summed E-state index contributed by atoms with van der Waals surface area (Å²) in [7, 11) is -3.62. The van der Waals surface area contributed by atoms with E-state index >= 15 is 0 Å². The second-order valence-electron chi connectivity index (χ2n) is 5.97. The lowest BCUT2D eigenvalue weighted by Crippen LogP contribution is -2.35. The molecule has 0 radical (unpaired) electrons. The molecule has 21 heavy (non-hydrogen) atoms. The van der Waals surface area contributed by atoms with E-state index in [-0.39, 0.29) is 9.92 Å². The van der Waals surface area contributed by atoms with Crippen molar-refractivity contribution in [1.29, 1.82) is 5.26 Å². The van der Waals surface area contributed by atoms with Gasteiger partial charge in [-0.25, -0.2) is 8.42 Å². The fourth-order valence-electron chi connectivity index (χ4n) is 2.36. The molecule has 0 N–H and O–H groups in total. The zero-order valence-electron chi connectivity index (χ0n) is 11.6. The number of rotatable bonds is 6. The summed E-state index contributed by atoms with van der Waals surface area (Å²) in [6.45, 7) is 1.15. The molecule has 0 bridgehead atoms. The van der Waals surface area contributed by atoms with Gasteiger partial charge in [0.15, 0.2) is 0 Å². The Kier molecular flexibility index (Phi) is 3.96. The van der Waals surface area contributed by atoms with E-state index in [1.807, 2.05) is 6.07 Å². The molecule has 1 aromatic carbocycles. The molecule has 3 rings (SSSR count). The molecule has 0 heterocycles. The fraction of sp³-hybridized carbons (Fsp3) is 0.533. The third kappa shape index (κ3) is 3.39. The number of hydrogen-bond acceptors (Lipinski definition) is 3. The van der Waals surface area contributed by atoms with Crippen molar-refractivity contribution in [2.24, 2.45) is 11.8 Å². The van der Waals surface area contributed by atoms with Crippen molar-refractivity contribution >= 4 is 21.6 Å². The van der Waals surface area contributed by atoms with Crippen LogP contribution in [0.2, 0.25) is 5.02 Å². The first-order chi connectivity index (χ1) is 10.0. The molecule has 2 aliphatic rings. The molecule has 2 saturated carbocycles. The average molecular weight is 325 g/mol. The molecule has 0 amide bonds. The van der Waals surface area contributed by atoms with Crippen LogP contribution >= 0.6 is 11.6 Å². The number of sulfonamides is 1. The first kappa shape index (κ1) is 14.8. The summed E-state index contributed by atoms with van der Waals surface area (Å²) in [4.78, 5) is 0.0597. The third-order valence-corrected chi connectivity index (χ3v) is 6.31. The van der Waals surface area contributed by atoms with Gasteiger partial charge in [0.2, 0.25) is 10.0 Å². The van der Waals surface area contributed by atoms with Crippen molar-refractivity contribution < 1.29 is 8.42 Å². The summed E-state index contributed by atoms with van der Waals surface area (Å²) in [5, 5.41) is 9.15. The molecule has 0 saturated heterocycles. The molecule has 2 fully saturated rings. The maximum Gasteiger partial charge on any atom is 0.244 e. The molecule has 6 heteroatoms. The Morgan fingerprint density at radius 2 is 1.76 bits per heavy atom. The summed E-state index contributed by atoms with van der Waals surface area (Å²) in [6, 6.07) is 6.37. The normalized spacial score (nSPS) is 18.7. The van der Waals surface area contributed by atoms with Gasteiger partial charge in [0, 0.05) is 13.1 Å². The van der Waals surface area contributed by atoms with Crippen LogP contribution in [0.5, 0.6) is 0 Å². The highest BCUT2D eigenvalue weighted by Gasteiger charge is 2.36. The van der Waals surface area contributed by atoms with E-state index in [2.05, 4.69) is 0 Å². The minimum Gasteiger partial charge on any atom is -0.207 e. The quantitative estimate of drug-likeness (QED) is 0.808. The minimum atomic E-state index is -3.62. The fourth-order valence-corrected chi connectivity index (χ4v) is 4.45. The molecular weight excluding hydrogens is 308 g/mol. The van der Waals surface area contributed by atoms with Gasteiger partial charge in [-0.3, -0.25) is 0 Å². The van der Waals surface area contributed by atoms with Gasteiger partial charge in [-0.15, -0.1) is 0 Å². The Labute approximate surface area is 130 Å². The van der Waals surface area contributed by atoms with Gasteiger partial charge in [-0.1, -0.05) is 11.6 Å². The van der Waals surface area contributed by atoms with Crippen LogP contribution in [0.15, 0.2) is 23.1 Å². The zero-order valence-corrected chi connectivity index (χ0v) is 13.2. The minimum absolute atomic E-state index is 0.0597. The van der Waals surface area contributed by atoms with Gasteiger partial charge in [0.25, 0.3) is 0 Å². The monoisotopic (exact) mass is 324 g/mol. The summed E-state index contributed by atoms with van der Waals surface area (Å²) in [6.07, 6.45) is 4.40. The largest absolute Gasteiger partial charge is 0.244 e. The smallest absolute Gasteiger partial charge is 0.207 e. The van der Waals surface area contributed by atoms with Crippen molar-refractivity contribution in [2.75, 3.05) is 13.1 Å². The molecule has 0 atom stereocenters. The highest BCUT2D eigenvalue weighted by molar-refractivity contribution is 7.89. The second-order valence-corrected chi connectivity index (χ2v) is 8.28. The van der Waals surface area contributed by atoms with E-state index < -0.39 is 10.0 Å². The Bertz CT molecular complexity index is 674. The van der Waals surface area contributed by atoms with Gasteiger partial charge in [0.1, 0.15) is 4.90 Å². The number of benzene rings is 1. The maximum absolute atomic E-state index is 12.9.